The first-order chi connectivity index (χ1) is 6.29. The van der Waals surface area contributed by atoms with Crippen LogP contribution in [-0.2, 0) is 0 Å². The van der Waals surface area contributed by atoms with Crippen LogP contribution in [0.5, 0.6) is 0 Å². The number of allylic oxidation sites excluding steroid dienone is 8. The van der Waals surface area contributed by atoms with Crippen LogP contribution >= 0.6 is 0 Å². The summed E-state index contributed by atoms with van der Waals surface area (Å²) >= 11 is 0. The Hall–Kier alpha value is -1.06. The molecule has 0 saturated heterocycles. The van der Waals surface area contributed by atoms with Gasteiger partial charge in [-0.25, -0.2) is 0 Å². The molecule has 0 radical (unpaired) electrons. The molecule has 2 aliphatic rings. The Balaban J connectivity index is 2.32. The van der Waals surface area contributed by atoms with Crippen molar-refractivity contribution in [3.05, 3.63) is 47.0 Å². The Morgan fingerprint density at radius 2 is 2.00 bits per heavy atom. The first-order valence-corrected chi connectivity index (χ1v) is 4.42. The molecule has 0 aliphatic heterocycles. The van der Waals surface area contributed by atoms with E-state index in [1.54, 1.807) is 6.08 Å². The van der Waals surface area contributed by atoms with Gasteiger partial charge in [-0.1, -0.05) is 30.4 Å². The molecule has 2 rings (SSSR count). The second-order valence-electron chi connectivity index (χ2n) is 3.21. The summed E-state index contributed by atoms with van der Waals surface area (Å²) in [6.07, 6.45) is 11.7. The van der Waals surface area contributed by atoms with Crippen molar-refractivity contribution in [2.45, 2.75) is 12.8 Å². The normalized spacial score (nSPS) is 20.0. The molecule has 13 heavy (non-hydrogen) atoms. The lowest BCUT2D eigenvalue weighted by atomic mass is 9.76. The molecular weight excluding hydrogens is 163 g/mol. The highest BCUT2D eigenvalue weighted by Gasteiger charge is 2.21. The minimum absolute atomic E-state index is 0.637. The molecule has 66 valence electrons. The molecule has 2 aliphatic carbocycles. The third-order valence-electron chi connectivity index (χ3n) is 2.37. The van der Waals surface area contributed by atoms with E-state index in [1.807, 2.05) is 12.2 Å². The van der Waals surface area contributed by atoms with E-state index < -0.39 is 7.12 Å². The van der Waals surface area contributed by atoms with E-state index in [0.717, 1.165) is 24.0 Å². The van der Waals surface area contributed by atoms with Gasteiger partial charge < -0.3 is 10.0 Å². The summed E-state index contributed by atoms with van der Waals surface area (Å²) < 4.78 is 0. The molecule has 0 fully saturated rings. The molecule has 2 nitrogen and oxygen atoms in total. The number of hydrogen-bond donors (Lipinski definition) is 2. The van der Waals surface area contributed by atoms with E-state index in [2.05, 4.69) is 12.2 Å². The van der Waals surface area contributed by atoms with Gasteiger partial charge in [-0.15, -0.1) is 0 Å². The van der Waals surface area contributed by atoms with E-state index >= 15 is 0 Å². The van der Waals surface area contributed by atoms with Crippen molar-refractivity contribution in [3.8, 4) is 0 Å². The van der Waals surface area contributed by atoms with Gasteiger partial charge in [0, 0.05) is 0 Å². The third-order valence-corrected chi connectivity index (χ3v) is 2.37. The summed E-state index contributed by atoms with van der Waals surface area (Å²) in [5, 5.41) is 18.2. The van der Waals surface area contributed by atoms with Gasteiger partial charge >= 0.3 is 7.12 Å². The maximum atomic E-state index is 9.08. The van der Waals surface area contributed by atoms with Crippen LogP contribution in [-0.4, -0.2) is 17.2 Å². The van der Waals surface area contributed by atoms with Crippen molar-refractivity contribution in [3.63, 3.8) is 0 Å². The number of hydrogen-bond acceptors (Lipinski definition) is 2. The van der Waals surface area contributed by atoms with Gasteiger partial charge in [0.15, 0.2) is 0 Å². The Morgan fingerprint density at radius 3 is 2.62 bits per heavy atom. The van der Waals surface area contributed by atoms with Crippen LogP contribution in [0, 0.1) is 0 Å². The molecule has 0 amide bonds. The van der Waals surface area contributed by atoms with Crippen molar-refractivity contribution in [1.29, 1.82) is 0 Å². The molecule has 2 N–H and O–H groups in total. The first-order valence-electron chi connectivity index (χ1n) is 4.42. The van der Waals surface area contributed by atoms with E-state index in [4.69, 9.17) is 10.0 Å². The number of rotatable bonds is 2. The summed E-state index contributed by atoms with van der Waals surface area (Å²) in [6.45, 7) is 0. The molecule has 0 atom stereocenters. The molecule has 0 aromatic carbocycles. The van der Waals surface area contributed by atoms with Gasteiger partial charge in [0.05, 0.1) is 0 Å². The second-order valence-corrected chi connectivity index (χ2v) is 3.21. The minimum Gasteiger partial charge on any atom is -0.423 e. The zero-order valence-electron chi connectivity index (χ0n) is 7.27. The van der Waals surface area contributed by atoms with E-state index in [-0.39, 0.29) is 0 Å². The predicted molar refractivity (Wildman–Crippen MR) is 52.8 cm³/mol. The fraction of sp³-hybridized carbons (Fsp3) is 0.200. The van der Waals surface area contributed by atoms with Crippen molar-refractivity contribution >= 4 is 7.12 Å². The van der Waals surface area contributed by atoms with Gasteiger partial charge in [-0.2, -0.15) is 0 Å². The topological polar surface area (TPSA) is 40.5 Å². The smallest absolute Gasteiger partial charge is 0.423 e. The fourth-order valence-corrected chi connectivity index (χ4v) is 1.73. The van der Waals surface area contributed by atoms with Crippen molar-refractivity contribution in [1.82, 2.24) is 0 Å². The molecule has 0 unspecified atom stereocenters. The summed E-state index contributed by atoms with van der Waals surface area (Å²) in [7, 11) is -1.34. The fourth-order valence-electron chi connectivity index (χ4n) is 1.73. The van der Waals surface area contributed by atoms with Crippen molar-refractivity contribution < 1.29 is 10.0 Å². The van der Waals surface area contributed by atoms with E-state index in [1.165, 1.54) is 0 Å². The van der Waals surface area contributed by atoms with Crippen molar-refractivity contribution in [2.24, 2.45) is 0 Å². The van der Waals surface area contributed by atoms with E-state index in [0.29, 0.717) is 5.47 Å². The van der Waals surface area contributed by atoms with E-state index in [9.17, 15) is 0 Å². The van der Waals surface area contributed by atoms with Crippen LogP contribution in [0.25, 0.3) is 0 Å². The van der Waals surface area contributed by atoms with Crippen LogP contribution in [0.2, 0.25) is 0 Å². The second kappa shape index (κ2) is 3.36. The highest BCUT2D eigenvalue weighted by molar-refractivity contribution is 6.52. The lowest BCUT2D eigenvalue weighted by Gasteiger charge is -2.05. The van der Waals surface area contributed by atoms with Gasteiger partial charge in [0.2, 0.25) is 0 Å². The summed E-state index contributed by atoms with van der Waals surface area (Å²) in [4.78, 5) is 0. The Kier molecular flexibility index (Phi) is 2.21. The van der Waals surface area contributed by atoms with Crippen LogP contribution in [0.1, 0.15) is 12.8 Å². The van der Waals surface area contributed by atoms with Gasteiger partial charge in [-0.05, 0) is 29.5 Å². The maximum Gasteiger partial charge on any atom is 0.488 e. The molecule has 0 aromatic rings. The van der Waals surface area contributed by atoms with Gasteiger partial charge in [-0.3, -0.25) is 0 Å². The molecule has 0 saturated carbocycles. The van der Waals surface area contributed by atoms with Crippen LogP contribution in [0.3, 0.4) is 0 Å². The molecule has 3 heteroatoms. The standard InChI is InChI=1S/C10H11BO2/c12-11(13)10-7-3-6-9(10)8-4-1-2-5-8/h1,3-5,7,12-13H,2,6H2. The summed E-state index contributed by atoms with van der Waals surface area (Å²) in [5.41, 5.74) is 2.81. The lowest BCUT2D eigenvalue weighted by molar-refractivity contribution is 0.420. The molecule has 0 heterocycles. The quantitative estimate of drug-likeness (QED) is 0.616. The average Bonchev–Trinajstić information content (AvgIpc) is 2.74. The Labute approximate surface area is 77.7 Å². The Bertz CT molecular complexity index is 335. The zero-order chi connectivity index (χ0) is 9.26. The van der Waals surface area contributed by atoms with Crippen LogP contribution in [0.15, 0.2) is 47.0 Å². The van der Waals surface area contributed by atoms with Gasteiger partial charge in [0.1, 0.15) is 0 Å². The monoisotopic (exact) mass is 174 g/mol. The average molecular weight is 174 g/mol. The molecular formula is C10H11BO2. The Morgan fingerprint density at radius 1 is 1.15 bits per heavy atom. The predicted octanol–water partition coefficient (Wildman–Crippen LogP) is 1.14. The van der Waals surface area contributed by atoms with Crippen LogP contribution in [0.4, 0.5) is 0 Å². The summed E-state index contributed by atoms with van der Waals surface area (Å²) in [5.74, 6) is 0. The van der Waals surface area contributed by atoms with Crippen molar-refractivity contribution in [2.75, 3.05) is 0 Å². The highest BCUT2D eigenvalue weighted by Crippen LogP contribution is 2.29. The third kappa shape index (κ3) is 1.53. The van der Waals surface area contributed by atoms with Crippen LogP contribution < -0.4 is 0 Å². The minimum atomic E-state index is -1.34. The highest BCUT2D eigenvalue weighted by atomic mass is 16.4. The molecule has 0 spiro atoms. The zero-order valence-corrected chi connectivity index (χ0v) is 7.27. The molecule has 0 aromatic heterocycles. The lowest BCUT2D eigenvalue weighted by Crippen LogP contribution is -2.14. The largest absolute Gasteiger partial charge is 0.488 e. The van der Waals surface area contributed by atoms with Gasteiger partial charge in [0.25, 0.3) is 0 Å². The molecule has 0 bridgehead atoms. The summed E-state index contributed by atoms with van der Waals surface area (Å²) in [6, 6.07) is 0. The SMILES string of the molecule is OB(O)C1=C(C2=CCC=C2)CC=C1. The maximum absolute atomic E-state index is 9.08. The first kappa shape index (κ1) is 8.54.